The molecule has 1 aromatic heterocycles. The predicted octanol–water partition coefficient (Wildman–Crippen LogP) is 3.14. The van der Waals surface area contributed by atoms with Crippen LogP contribution in [-0.2, 0) is 17.8 Å². The molecule has 2 amide bonds. The molecule has 0 radical (unpaired) electrons. The topological polar surface area (TPSA) is 100 Å². The van der Waals surface area contributed by atoms with Gasteiger partial charge >= 0.3 is 12.0 Å². The van der Waals surface area contributed by atoms with E-state index in [0.717, 1.165) is 19.4 Å². The number of carbonyl (C=O) groups is 3. The second kappa shape index (κ2) is 11.1. The molecule has 4 rings (SSSR count). The molecule has 1 saturated heterocycles. The van der Waals surface area contributed by atoms with Gasteiger partial charge in [0.2, 0.25) is 5.95 Å². The molecule has 1 unspecified atom stereocenters. The van der Waals surface area contributed by atoms with Crippen molar-refractivity contribution in [2.75, 3.05) is 37.0 Å². The summed E-state index contributed by atoms with van der Waals surface area (Å²) in [5.41, 5.74) is 1.17. The molecular formula is C26H31ClN6O4. The lowest BCUT2D eigenvalue weighted by Gasteiger charge is -2.32. The lowest BCUT2D eigenvalue weighted by Crippen LogP contribution is -2.45. The van der Waals surface area contributed by atoms with Crippen molar-refractivity contribution in [3.63, 3.8) is 0 Å². The molecule has 2 aromatic rings. The third-order valence-corrected chi connectivity index (χ3v) is 6.59. The Morgan fingerprint density at radius 2 is 2.14 bits per heavy atom. The van der Waals surface area contributed by atoms with Gasteiger partial charge in [0.15, 0.2) is 12.1 Å². The first-order chi connectivity index (χ1) is 17.7. The van der Waals surface area contributed by atoms with Gasteiger partial charge in [-0.2, -0.15) is 4.98 Å². The molecule has 196 valence electrons. The average molecular weight is 527 g/mol. The first kappa shape index (κ1) is 26.4. The Labute approximate surface area is 221 Å². The van der Waals surface area contributed by atoms with Crippen molar-refractivity contribution in [3.8, 4) is 12.0 Å². The largest absolute Gasteiger partial charge is 0.459 e. The van der Waals surface area contributed by atoms with E-state index in [1.807, 2.05) is 0 Å². The molecule has 0 spiro atoms. The SMILES string of the molecule is CC(C)OC(=O)c1cc(Cl)ccc1CN(C)C(=O)N(C)c1nc2n(c1C=O)CC#CNC1CCCN2C1. The fraction of sp³-hybridized carbons (Fsp3) is 0.462. The van der Waals surface area contributed by atoms with Crippen LogP contribution in [0.4, 0.5) is 16.6 Å². The number of aromatic nitrogens is 2. The van der Waals surface area contributed by atoms with E-state index >= 15 is 0 Å². The molecule has 1 N–H and O–H groups in total. The van der Waals surface area contributed by atoms with Gasteiger partial charge in [-0.3, -0.25) is 14.3 Å². The number of piperidine rings is 1. The number of esters is 1. The van der Waals surface area contributed by atoms with Crippen LogP contribution in [0.5, 0.6) is 0 Å². The number of aldehydes is 1. The fourth-order valence-electron chi connectivity index (χ4n) is 4.57. The van der Waals surface area contributed by atoms with E-state index < -0.39 is 12.0 Å². The Morgan fingerprint density at radius 3 is 2.86 bits per heavy atom. The minimum absolute atomic E-state index is 0.123. The monoisotopic (exact) mass is 526 g/mol. The molecule has 1 aromatic carbocycles. The second-order valence-corrected chi connectivity index (χ2v) is 9.95. The van der Waals surface area contributed by atoms with Gasteiger partial charge in [0, 0.05) is 44.8 Å². The van der Waals surface area contributed by atoms with E-state index in [1.165, 1.54) is 15.9 Å². The zero-order valence-corrected chi connectivity index (χ0v) is 22.2. The van der Waals surface area contributed by atoms with Crippen LogP contribution in [0.1, 0.15) is 53.1 Å². The van der Waals surface area contributed by atoms with Gasteiger partial charge in [0.25, 0.3) is 0 Å². The summed E-state index contributed by atoms with van der Waals surface area (Å²) in [4.78, 5) is 47.9. The summed E-state index contributed by atoms with van der Waals surface area (Å²) >= 11 is 6.12. The number of fused-ring (bicyclic) bond motifs is 4. The summed E-state index contributed by atoms with van der Waals surface area (Å²) in [5, 5.41) is 3.62. The summed E-state index contributed by atoms with van der Waals surface area (Å²) in [6, 6.07) is 7.70. The summed E-state index contributed by atoms with van der Waals surface area (Å²) in [7, 11) is 3.20. The minimum atomic E-state index is -0.509. The van der Waals surface area contributed by atoms with E-state index in [-0.39, 0.29) is 36.7 Å². The molecular weight excluding hydrogens is 496 g/mol. The van der Waals surface area contributed by atoms with Gasteiger partial charge in [-0.15, -0.1) is 0 Å². The Morgan fingerprint density at radius 1 is 1.35 bits per heavy atom. The lowest BCUT2D eigenvalue weighted by atomic mass is 10.1. The van der Waals surface area contributed by atoms with Crippen LogP contribution in [0.15, 0.2) is 18.2 Å². The molecule has 1 atom stereocenters. The van der Waals surface area contributed by atoms with E-state index in [1.54, 1.807) is 44.6 Å². The average Bonchev–Trinajstić information content (AvgIpc) is 3.26. The molecule has 37 heavy (non-hydrogen) atoms. The van der Waals surface area contributed by atoms with Gasteiger partial charge in [-0.1, -0.05) is 23.6 Å². The fourth-order valence-corrected chi connectivity index (χ4v) is 4.75. The number of ether oxygens (including phenoxy) is 1. The normalized spacial score (nSPS) is 16.3. The third kappa shape index (κ3) is 5.67. The molecule has 11 heteroatoms. The third-order valence-electron chi connectivity index (χ3n) is 6.36. The summed E-state index contributed by atoms with van der Waals surface area (Å²) in [6.07, 6.45) is 2.40. The number of anilines is 2. The van der Waals surface area contributed by atoms with Gasteiger partial charge in [0.05, 0.1) is 24.3 Å². The Kier molecular flexibility index (Phi) is 7.93. The van der Waals surface area contributed by atoms with Crippen molar-refractivity contribution < 1.29 is 19.1 Å². The summed E-state index contributed by atoms with van der Waals surface area (Å²) in [6.45, 7) is 5.44. The number of halogens is 1. The van der Waals surface area contributed by atoms with Crippen LogP contribution in [0, 0.1) is 12.0 Å². The van der Waals surface area contributed by atoms with E-state index in [4.69, 9.17) is 21.3 Å². The highest BCUT2D eigenvalue weighted by Crippen LogP contribution is 2.28. The maximum atomic E-state index is 13.5. The number of imidazole rings is 1. The van der Waals surface area contributed by atoms with Crippen LogP contribution in [-0.4, -0.2) is 72.1 Å². The van der Waals surface area contributed by atoms with E-state index in [9.17, 15) is 14.4 Å². The van der Waals surface area contributed by atoms with Crippen LogP contribution in [0.25, 0.3) is 0 Å². The highest BCUT2D eigenvalue weighted by Gasteiger charge is 2.30. The van der Waals surface area contributed by atoms with Crippen LogP contribution in [0.2, 0.25) is 5.02 Å². The van der Waals surface area contributed by atoms with Crippen molar-refractivity contribution in [2.24, 2.45) is 0 Å². The molecule has 2 bridgehead atoms. The molecule has 0 aliphatic carbocycles. The highest BCUT2D eigenvalue weighted by atomic mass is 35.5. The Balaban J connectivity index is 1.60. The van der Waals surface area contributed by atoms with Crippen molar-refractivity contribution in [1.82, 2.24) is 19.8 Å². The van der Waals surface area contributed by atoms with Gasteiger partial charge in [0.1, 0.15) is 5.69 Å². The van der Waals surface area contributed by atoms with Gasteiger partial charge < -0.3 is 19.9 Å². The van der Waals surface area contributed by atoms with Crippen molar-refractivity contribution in [2.45, 2.75) is 51.9 Å². The number of rotatable bonds is 6. The number of nitrogens with zero attached hydrogens (tertiary/aromatic N) is 5. The maximum Gasteiger partial charge on any atom is 0.338 e. The molecule has 0 saturated carbocycles. The standard InChI is InChI=1S/C26H31ClN6O4/c1-17(2)37-24(35)21-13-19(27)9-8-18(21)14-30(3)26(36)31(4)23-22(16-34)33-12-6-10-28-20-7-5-11-32(15-20)25(33)29-23/h8-9,13,16-17,20,28H,5,7,11-12,14-15H2,1-4H3. The predicted molar refractivity (Wildman–Crippen MR) is 141 cm³/mol. The number of carbonyl (C=O) groups excluding carboxylic acids is 3. The molecule has 3 heterocycles. The van der Waals surface area contributed by atoms with E-state index in [0.29, 0.717) is 34.9 Å². The quantitative estimate of drug-likeness (QED) is 0.350. The van der Waals surface area contributed by atoms with Crippen LogP contribution in [0.3, 0.4) is 0 Å². The molecule has 1 fully saturated rings. The lowest BCUT2D eigenvalue weighted by molar-refractivity contribution is 0.0375. The number of amides is 2. The number of nitrogens with one attached hydrogen (secondary N) is 1. The summed E-state index contributed by atoms with van der Waals surface area (Å²) in [5.74, 6) is 3.42. The first-order valence-electron chi connectivity index (χ1n) is 12.2. The van der Waals surface area contributed by atoms with Gasteiger partial charge in [-0.05, 0) is 44.4 Å². The van der Waals surface area contributed by atoms with Crippen molar-refractivity contribution in [1.29, 1.82) is 0 Å². The number of benzene rings is 1. The zero-order valence-electron chi connectivity index (χ0n) is 21.5. The zero-order chi connectivity index (χ0) is 26.7. The molecule has 2 aliphatic rings. The number of hydrogen-bond acceptors (Lipinski definition) is 7. The summed E-state index contributed by atoms with van der Waals surface area (Å²) < 4.78 is 7.10. The smallest absolute Gasteiger partial charge is 0.338 e. The van der Waals surface area contributed by atoms with Crippen LogP contribution >= 0.6 is 11.6 Å². The van der Waals surface area contributed by atoms with Crippen molar-refractivity contribution in [3.05, 3.63) is 40.0 Å². The van der Waals surface area contributed by atoms with Crippen molar-refractivity contribution >= 4 is 41.7 Å². The highest BCUT2D eigenvalue weighted by molar-refractivity contribution is 6.31. The van der Waals surface area contributed by atoms with E-state index in [2.05, 4.69) is 22.2 Å². The van der Waals surface area contributed by atoms with Crippen LogP contribution < -0.4 is 15.1 Å². The molecule has 10 nitrogen and oxygen atoms in total. The Hall–Kier alpha value is -3.71. The first-order valence-corrected chi connectivity index (χ1v) is 12.6. The minimum Gasteiger partial charge on any atom is -0.459 e. The molecule has 2 aliphatic heterocycles. The second-order valence-electron chi connectivity index (χ2n) is 9.51. The number of urea groups is 1. The maximum absolute atomic E-state index is 13.5. The van der Waals surface area contributed by atoms with Gasteiger partial charge in [-0.25, -0.2) is 9.59 Å². The number of hydrogen-bond donors (Lipinski definition) is 1. The Bertz CT molecular complexity index is 1260.